The molecule has 20 heavy (non-hydrogen) atoms. The Bertz CT molecular complexity index is 629. The van der Waals surface area contributed by atoms with Crippen LogP contribution in [0.4, 0.5) is 0 Å². The Morgan fingerprint density at radius 1 is 1.30 bits per heavy atom. The van der Waals surface area contributed by atoms with Crippen LogP contribution in [0, 0.1) is 13.8 Å². The lowest BCUT2D eigenvalue weighted by Gasteiger charge is -2.04. The van der Waals surface area contributed by atoms with Crippen molar-refractivity contribution in [2.75, 3.05) is 0 Å². The van der Waals surface area contributed by atoms with E-state index in [0.717, 1.165) is 35.2 Å². The van der Waals surface area contributed by atoms with E-state index in [0.29, 0.717) is 6.54 Å². The molecule has 0 saturated heterocycles. The number of aryl methyl sites for hydroxylation is 3. The van der Waals surface area contributed by atoms with Gasteiger partial charge < -0.3 is 5.11 Å². The van der Waals surface area contributed by atoms with Gasteiger partial charge in [-0.1, -0.05) is 31.0 Å². The molecular formula is C16H20N2O2. The van der Waals surface area contributed by atoms with E-state index in [1.54, 1.807) is 10.7 Å². The van der Waals surface area contributed by atoms with Crippen LogP contribution in [0.5, 0.6) is 0 Å². The van der Waals surface area contributed by atoms with Gasteiger partial charge in [-0.25, -0.2) is 4.79 Å². The van der Waals surface area contributed by atoms with Gasteiger partial charge in [-0.3, -0.25) is 4.68 Å². The van der Waals surface area contributed by atoms with E-state index in [-0.39, 0.29) is 5.69 Å². The molecule has 0 aliphatic heterocycles. The Hall–Kier alpha value is -2.10. The van der Waals surface area contributed by atoms with E-state index in [2.05, 4.69) is 12.0 Å². The molecule has 4 heteroatoms. The molecule has 0 amide bonds. The number of nitrogens with zero attached hydrogens (tertiary/aromatic N) is 2. The molecule has 0 unspecified atom stereocenters. The van der Waals surface area contributed by atoms with Crippen molar-refractivity contribution in [2.24, 2.45) is 0 Å². The highest BCUT2D eigenvalue weighted by atomic mass is 16.4. The normalized spacial score (nSPS) is 10.8. The minimum Gasteiger partial charge on any atom is -0.477 e. The summed E-state index contributed by atoms with van der Waals surface area (Å²) in [6.45, 7) is 6.76. The standard InChI is InChI=1S/C16H20N2O2/c1-4-5-8-18-15(16(19)20)10-14(17-18)13-9-11(2)6-7-12(13)3/h6-7,9-10H,4-5,8H2,1-3H3,(H,19,20). The molecule has 0 aliphatic rings. The Morgan fingerprint density at radius 3 is 2.70 bits per heavy atom. The second-order valence-electron chi connectivity index (χ2n) is 5.12. The molecule has 0 spiro atoms. The number of aromatic nitrogens is 2. The number of unbranched alkanes of at least 4 members (excludes halogenated alkanes) is 1. The van der Waals surface area contributed by atoms with Crippen molar-refractivity contribution in [3.05, 3.63) is 41.1 Å². The molecule has 1 aromatic heterocycles. The molecule has 0 bridgehead atoms. The lowest BCUT2D eigenvalue weighted by Crippen LogP contribution is -2.09. The monoisotopic (exact) mass is 272 g/mol. The summed E-state index contributed by atoms with van der Waals surface area (Å²) >= 11 is 0. The molecule has 0 saturated carbocycles. The number of aromatic carboxylic acids is 1. The van der Waals surface area contributed by atoms with Crippen molar-refractivity contribution in [3.63, 3.8) is 0 Å². The Balaban J connectivity index is 2.47. The molecule has 0 radical (unpaired) electrons. The van der Waals surface area contributed by atoms with Crippen molar-refractivity contribution in [1.82, 2.24) is 9.78 Å². The largest absolute Gasteiger partial charge is 0.477 e. The number of rotatable bonds is 5. The second-order valence-corrected chi connectivity index (χ2v) is 5.12. The van der Waals surface area contributed by atoms with E-state index in [1.165, 1.54) is 0 Å². The molecule has 2 aromatic rings. The van der Waals surface area contributed by atoms with Gasteiger partial charge in [0, 0.05) is 12.1 Å². The van der Waals surface area contributed by atoms with Crippen LogP contribution < -0.4 is 0 Å². The molecular weight excluding hydrogens is 252 g/mol. The summed E-state index contributed by atoms with van der Waals surface area (Å²) in [4.78, 5) is 11.3. The Morgan fingerprint density at radius 2 is 2.05 bits per heavy atom. The summed E-state index contributed by atoms with van der Waals surface area (Å²) < 4.78 is 1.60. The zero-order chi connectivity index (χ0) is 14.7. The Labute approximate surface area is 119 Å². The molecule has 106 valence electrons. The first-order valence-corrected chi connectivity index (χ1v) is 6.91. The van der Waals surface area contributed by atoms with Crippen LogP contribution in [0.15, 0.2) is 24.3 Å². The zero-order valence-electron chi connectivity index (χ0n) is 12.2. The highest BCUT2D eigenvalue weighted by molar-refractivity contribution is 5.87. The third kappa shape index (κ3) is 2.90. The number of hydrogen-bond acceptors (Lipinski definition) is 2. The van der Waals surface area contributed by atoms with Gasteiger partial charge in [0.05, 0.1) is 5.69 Å². The van der Waals surface area contributed by atoms with Gasteiger partial charge in [-0.15, -0.1) is 0 Å². The van der Waals surface area contributed by atoms with Gasteiger partial charge in [-0.2, -0.15) is 5.10 Å². The van der Waals surface area contributed by atoms with E-state index in [9.17, 15) is 9.90 Å². The highest BCUT2D eigenvalue weighted by Gasteiger charge is 2.16. The molecule has 1 heterocycles. The number of carboxylic acid groups (broad SMARTS) is 1. The maximum absolute atomic E-state index is 11.3. The predicted molar refractivity (Wildman–Crippen MR) is 79.0 cm³/mol. The average molecular weight is 272 g/mol. The maximum atomic E-state index is 11.3. The first kappa shape index (κ1) is 14.3. The van der Waals surface area contributed by atoms with Crippen molar-refractivity contribution in [2.45, 2.75) is 40.2 Å². The molecule has 0 atom stereocenters. The lowest BCUT2D eigenvalue weighted by atomic mass is 10.0. The van der Waals surface area contributed by atoms with Crippen LogP contribution in [-0.2, 0) is 6.54 Å². The van der Waals surface area contributed by atoms with Crippen LogP contribution in [0.1, 0.15) is 41.4 Å². The highest BCUT2D eigenvalue weighted by Crippen LogP contribution is 2.24. The van der Waals surface area contributed by atoms with Crippen molar-refractivity contribution in [1.29, 1.82) is 0 Å². The fraction of sp³-hybridized carbons (Fsp3) is 0.375. The topological polar surface area (TPSA) is 55.1 Å². The smallest absolute Gasteiger partial charge is 0.354 e. The lowest BCUT2D eigenvalue weighted by molar-refractivity contribution is 0.0683. The van der Waals surface area contributed by atoms with Gasteiger partial charge in [0.25, 0.3) is 0 Å². The number of hydrogen-bond donors (Lipinski definition) is 1. The third-order valence-corrected chi connectivity index (χ3v) is 3.39. The van der Waals surface area contributed by atoms with E-state index < -0.39 is 5.97 Å². The van der Waals surface area contributed by atoms with Crippen LogP contribution >= 0.6 is 0 Å². The summed E-state index contributed by atoms with van der Waals surface area (Å²) in [5.74, 6) is -0.926. The molecule has 0 fully saturated rings. The Kier molecular flexibility index (Phi) is 4.23. The van der Waals surface area contributed by atoms with Gasteiger partial charge >= 0.3 is 5.97 Å². The number of benzene rings is 1. The van der Waals surface area contributed by atoms with E-state index in [1.807, 2.05) is 32.0 Å². The fourth-order valence-corrected chi connectivity index (χ4v) is 2.21. The third-order valence-electron chi connectivity index (χ3n) is 3.39. The fourth-order valence-electron chi connectivity index (χ4n) is 2.21. The van der Waals surface area contributed by atoms with E-state index in [4.69, 9.17) is 0 Å². The summed E-state index contributed by atoms with van der Waals surface area (Å²) in [5.41, 5.74) is 4.25. The summed E-state index contributed by atoms with van der Waals surface area (Å²) in [7, 11) is 0. The SMILES string of the molecule is CCCCn1nc(-c2cc(C)ccc2C)cc1C(=O)O. The molecule has 1 N–H and O–H groups in total. The van der Waals surface area contributed by atoms with Crippen LogP contribution in [0.2, 0.25) is 0 Å². The number of carbonyl (C=O) groups is 1. The predicted octanol–water partition coefficient (Wildman–Crippen LogP) is 3.67. The van der Waals surface area contributed by atoms with Crippen molar-refractivity contribution >= 4 is 5.97 Å². The van der Waals surface area contributed by atoms with Gasteiger partial charge in [0.1, 0.15) is 5.69 Å². The van der Waals surface area contributed by atoms with Gasteiger partial charge in [0.15, 0.2) is 0 Å². The van der Waals surface area contributed by atoms with Crippen LogP contribution in [-0.4, -0.2) is 20.9 Å². The minimum atomic E-state index is -0.926. The first-order chi connectivity index (χ1) is 9.52. The minimum absolute atomic E-state index is 0.259. The van der Waals surface area contributed by atoms with Crippen molar-refractivity contribution in [3.8, 4) is 11.3 Å². The molecule has 4 nitrogen and oxygen atoms in total. The summed E-state index contributed by atoms with van der Waals surface area (Å²) in [6, 6.07) is 7.80. The van der Waals surface area contributed by atoms with E-state index >= 15 is 0 Å². The number of carboxylic acids is 1. The summed E-state index contributed by atoms with van der Waals surface area (Å²) in [6.07, 6.45) is 1.94. The van der Waals surface area contributed by atoms with Crippen molar-refractivity contribution < 1.29 is 9.90 Å². The molecule has 2 rings (SSSR count). The second kappa shape index (κ2) is 5.90. The molecule has 1 aromatic carbocycles. The maximum Gasteiger partial charge on any atom is 0.354 e. The summed E-state index contributed by atoms with van der Waals surface area (Å²) in [5, 5.41) is 13.8. The molecule has 0 aliphatic carbocycles. The quantitative estimate of drug-likeness (QED) is 0.903. The van der Waals surface area contributed by atoms with Crippen LogP contribution in [0.3, 0.4) is 0 Å². The van der Waals surface area contributed by atoms with Gasteiger partial charge in [-0.05, 0) is 38.0 Å². The zero-order valence-corrected chi connectivity index (χ0v) is 12.2. The first-order valence-electron chi connectivity index (χ1n) is 6.91. The van der Waals surface area contributed by atoms with Gasteiger partial charge in [0.2, 0.25) is 0 Å². The average Bonchev–Trinajstić information content (AvgIpc) is 2.83. The van der Waals surface area contributed by atoms with Crippen LogP contribution in [0.25, 0.3) is 11.3 Å².